The van der Waals surface area contributed by atoms with Crippen LogP contribution in [0, 0.1) is 0 Å². The molecule has 0 aliphatic rings. The van der Waals surface area contributed by atoms with Crippen molar-refractivity contribution in [2.24, 2.45) is 4.99 Å². The standard InChI is InChI=1S/C15H31NO4/c1-6-11-12-13-16-14(17-7-2)15(18-8-3,19-9-4)20-10-5/h6-13H2,1-5H3. The van der Waals surface area contributed by atoms with Gasteiger partial charge in [-0.3, -0.25) is 0 Å². The molecule has 120 valence electrons. The number of rotatable bonds is 12. The minimum atomic E-state index is -1.31. The lowest BCUT2D eigenvalue weighted by atomic mass is 10.2. The Hall–Kier alpha value is -0.650. The van der Waals surface area contributed by atoms with Crippen LogP contribution in [0.5, 0.6) is 0 Å². The summed E-state index contributed by atoms with van der Waals surface area (Å²) in [7, 11) is 0. The van der Waals surface area contributed by atoms with Crippen LogP contribution in [0.25, 0.3) is 0 Å². The van der Waals surface area contributed by atoms with Crippen molar-refractivity contribution in [1.29, 1.82) is 0 Å². The average Bonchev–Trinajstić information content (AvgIpc) is 2.43. The quantitative estimate of drug-likeness (QED) is 0.239. The van der Waals surface area contributed by atoms with Crippen LogP contribution in [0.2, 0.25) is 0 Å². The predicted octanol–water partition coefficient (Wildman–Crippen LogP) is 3.37. The summed E-state index contributed by atoms with van der Waals surface area (Å²) < 4.78 is 22.7. The molecule has 20 heavy (non-hydrogen) atoms. The summed E-state index contributed by atoms with van der Waals surface area (Å²) in [6, 6.07) is 0. The van der Waals surface area contributed by atoms with Crippen molar-refractivity contribution in [3.63, 3.8) is 0 Å². The van der Waals surface area contributed by atoms with Crippen molar-refractivity contribution in [2.45, 2.75) is 59.9 Å². The Labute approximate surface area is 123 Å². The largest absolute Gasteiger partial charge is 0.475 e. The SMILES string of the molecule is CCCCCN=C(OCC)C(OCC)(OCC)OCC. The van der Waals surface area contributed by atoms with Crippen molar-refractivity contribution >= 4 is 5.90 Å². The van der Waals surface area contributed by atoms with Crippen molar-refractivity contribution in [1.82, 2.24) is 0 Å². The fourth-order valence-electron chi connectivity index (χ4n) is 1.79. The van der Waals surface area contributed by atoms with E-state index in [1.165, 1.54) is 0 Å². The molecule has 0 rings (SSSR count). The molecule has 0 saturated carbocycles. The van der Waals surface area contributed by atoms with Crippen LogP contribution in [0.4, 0.5) is 0 Å². The maximum absolute atomic E-state index is 5.68. The van der Waals surface area contributed by atoms with Crippen LogP contribution in [-0.4, -0.2) is 44.8 Å². The zero-order chi connectivity index (χ0) is 15.3. The summed E-state index contributed by atoms with van der Waals surface area (Å²) in [5.74, 6) is -0.915. The Balaban J connectivity index is 5.04. The molecular formula is C15H31NO4. The first-order valence-electron chi connectivity index (χ1n) is 7.80. The van der Waals surface area contributed by atoms with Gasteiger partial charge in [0, 0.05) is 6.54 Å². The number of unbranched alkanes of at least 4 members (excludes halogenated alkanes) is 2. The van der Waals surface area contributed by atoms with Crippen molar-refractivity contribution in [3.8, 4) is 0 Å². The highest BCUT2D eigenvalue weighted by Gasteiger charge is 2.41. The van der Waals surface area contributed by atoms with Crippen LogP contribution in [0.3, 0.4) is 0 Å². The van der Waals surface area contributed by atoms with E-state index in [0.29, 0.717) is 38.9 Å². The molecular weight excluding hydrogens is 258 g/mol. The molecule has 0 spiro atoms. The maximum atomic E-state index is 5.68. The van der Waals surface area contributed by atoms with Gasteiger partial charge in [-0.2, -0.15) is 0 Å². The minimum Gasteiger partial charge on any atom is -0.475 e. The van der Waals surface area contributed by atoms with Crippen LogP contribution in [0.15, 0.2) is 4.99 Å². The minimum absolute atomic E-state index is 0.390. The molecule has 5 heteroatoms. The number of aliphatic imine (C=N–C) groups is 1. The van der Waals surface area contributed by atoms with E-state index in [2.05, 4.69) is 11.9 Å². The second-order valence-corrected chi connectivity index (χ2v) is 4.18. The molecule has 0 N–H and O–H groups in total. The first-order valence-corrected chi connectivity index (χ1v) is 7.80. The number of ether oxygens (including phenoxy) is 4. The molecule has 0 aromatic rings. The lowest BCUT2D eigenvalue weighted by Crippen LogP contribution is -2.48. The van der Waals surface area contributed by atoms with Gasteiger partial charge < -0.3 is 18.9 Å². The summed E-state index contributed by atoms with van der Waals surface area (Å²) in [4.78, 5) is 4.50. The topological polar surface area (TPSA) is 49.3 Å². The van der Waals surface area contributed by atoms with Gasteiger partial charge in [0.2, 0.25) is 0 Å². The van der Waals surface area contributed by atoms with Gasteiger partial charge in [0.15, 0.2) is 0 Å². The zero-order valence-corrected chi connectivity index (χ0v) is 13.7. The van der Waals surface area contributed by atoms with Gasteiger partial charge in [0.25, 0.3) is 5.90 Å². The molecule has 0 saturated heterocycles. The Morgan fingerprint density at radius 1 is 0.800 bits per heavy atom. The fraction of sp³-hybridized carbons (Fsp3) is 0.933. The number of nitrogens with zero attached hydrogens (tertiary/aromatic N) is 1. The molecule has 0 aliphatic heterocycles. The molecule has 0 aliphatic carbocycles. The predicted molar refractivity (Wildman–Crippen MR) is 81.1 cm³/mol. The second kappa shape index (κ2) is 12.1. The third-order valence-corrected chi connectivity index (χ3v) is 2.56. The number of hydrogen-bond acceptors (Lipinski definition) is 5. The second-order valence-electron chi connectivity index (χ2n) is 4.18. The molecule has 0 amide bonds. The van der Waals surface area contributed by atoms with Gasteiger partial charge in [0.1, 0.15) is 0 Å². The van der Waals surface area contributed by atoms with E-state index in [4.69, 9.17) is 18.9 Å². The Morgan fingerprint density at radius 2 is 1.35 bits per heavy atom. The molecule has 0 atom stereocenters. The van der Waals surface area contributed by atoms with Crippen LogP contribution in [0.1, 0.15) is 53.9 Å². The van der Waals surface area contributed by atoms with Gasteiger partial charge in [-0.05, 0) is 34.1 Å². The summed E-state index contributed by atoms with van der Waals surface area (Å²) in [5.41, 5.74) is 0. The van der Waals surface area contributed by atoms with Gasteiger partial charge >= 0.3 is 5.97 Å². The van der Waals surface area contributed by atoms with E-state index in [1.807, 2.05) is 27.7 Å². The van der Waals surface area contributed by atoms with Crippen LogP contribution in [-0.2, 0) is 18.9 Å². The number of hydrogen-bond donors (Lipinski definition) is 0. The summed E-state index contributed by atoms with van der Waals surface area (Å²) in [5, 5.41) is 0. The van der Waals surface area contributed by atoms with Crippen LogP contribution >= 0.6 is 0 Å². The molecule has 5 nitrogen and oxygen atoms in total. The van der Waals surface area contributed by atoms with Gasteiger partial charge in [-0.1, -0.05) is 19.8 Å². The maximum Gasteiger partial charge on any atom is 0.364 e. The normalized spacial score (nSPS) is 12.8. The molecule has 0 bridgehead atoms. The highest BCUT2D eigenvalue weighted by atomic mass is 16.9. The highest BCUT2D eigenvalue weighted by molar-refractivity contribution is 5.82. The van der Waals surface area contributed by atoms with Crippen molar-refractivity contribution < 1.29 is 18.9 Å². The molecule has 0 unspecified atom stereocenters. The smallest absolute Gasteiger partial charge is 0.364 e. The van der Waals surface area contributed by atoms with E-state index >= 15 is 0 Å². The summed E-state index contributed by atoms with van der Waals surface area (Å²) >= 11 is 0. The molecule has 0 heterocycles. The van der Waals surface area contributed by atoms with E-state index in [0.717, 1.165) is 19.3 Å². The molecule has 0 aromatic heterocycles. The van der Waals surface area contributed by atoms with E-state index in [9.17, 15) is 0 Å². The molecule has 0 fully saturated rings. The first-order chi connectivity index (χ1) is 9.70. The Kier molecular flexibility index (Phi) is 11.7. The first kappa shape index (κ1) is 19.4. The van der Waals surface area contributed by atoms with Gasteiger partial charge in [0.05, 0.1) is 26.4 Å². The fourth-order valence-corrected chi connectivity index (χ4v) is 1.79. The Morgan fingerprint density at radius 3 is 1.75 bits per heavy atom. The monoisotopic (exact) mass is 289 g/mol. The van der Waals surface area contributed by atoms with E-state index in [-0.39, 0.29) is 0 Å². The van der Waals surface area contributed by atoms with Crippen molar-refractivity contribution in [2.75, 3.05) is 33.0 Å². The van der Waals surface area contributed by atoms with Gasteiger partial charge in [-0.25, -0.2) is 4.99 Å². The molecule has 0 aromatic carbocycles. The third-order valence-electron chi connectivity index (χ3n) is 2.56. The lowest BCUT2D eigenvalue weighted by Gasteiger charge is -2.32. The zero-order valence-electron chi connectivity index (χ0n) is 13.7. The van der Waals surface area contributed by atoms with Gasteiger partial charge in [-0.15, -0.1) is 0 Å². The van der Waals surface area contributed by atoms with Crippen LogP contribution < -0.4 is 0 Å². The Bertz CT molecular complexity index is 239. The summed E-state index contributed by atoms with van der Waals surface area (Å²) in [6.07, 6.45) is 3.33. The third kappa shape index (κ3) is 6.68. The lowest BCUT2D eigenvalue weighted by molar-refractivity contribution is -0.338. The summed E-state index contributed by atoms with van der Waals surface area (Å²) in [6.45, 7) is 12.3. The molecule has 0 radical (unpaired) electrons. The highest BCUT2D eigenvalue weighted by Crippen LogP contribution is 2.20. The van der Waals surface area contributed by atoms with E-state index in [1.54, 1.807) is 0 Å². The van der Waals surface area contributed by atoms with E-state index < -0.39 is 5.97 Å². The average molecular weight is 289 g/mol. The van der Waals surface area contributed by atoms with Crippen molar-refractivity contribution in [3.05, 3.63) is 0 Å².